The predicted molar refractivity (Wildman–Crippen MR) is 439 cm³/mol. The number of allylic oxidation sites excluding steroid dienone is 2. The molecule has 6 amide bonds. The van der Waals surface area contributed by atoms with Crippen LogP contribution in [0, 0.1) is 0 Å². The first-order valence-corrected chi connectivity index (χ1v) is 36.6. The van der Waals surface area contributed by atoms with Crippen LogP contribution in [0.5, 0.6) is 23.0 Å². The predicted octanol–water partition coefficient (Wildman–Crippen LogP) is 15.8. The van der Waals surface area contributed by atoms with E-state index in [0.29, 0.717) is 52.3 Å². The van der Waals surface area contributed by atoms with E-state index in [2.05, 4.69) is 98.4 Å². The lowest BCUT2D eigenvalue weighted by atomic mass is 9.74. The number of hydrogen-bond acceptors (Lipinski definition) is 22. The second kappa shape index (κ2) is 49.0. The van der Waals surface area contributed by atoms with Crippen LogP contribution < -0.4 is 50.8 Å². The summed E-state index contributed by atoms with van der Waals surface area (Å²) in [6.07, 6.45) is -2.33. The van der Waals surface area contributed by atoms with E-state index in [9.17, 15) is 47.9 Å². The van der Waals surface area contributed by atoms with Gasteiger partial charge in [0.2, 0.25) is 0 Å². The largest absolute Gasteiger partial charge is 0.490 e. The first kappa shape index (κ1) is 94.7. The average molecular weight is 1600 g/mol. The minimum absolute atomic E-state index is 0.00931. The summed E-state index contributed by atoms with van der Waals surface area (Å²) < 4.78 is 61.5. The van der Waals surface area contributed by atoms with E-state index < -0.39 is 65.9 Å². The molecule has 28 heteroatoms. The second-order valence-corrected chi connectivity index (χ2v) is 26.5. The summed E-state index contributed by atoms with van der Waals surface area (Å²) in [5, 5.41) is 15.4. The monoisotopic (exact) mass is 1600 g/mol. The Morgan fingerprint density at radius 3 is 0.767 bits per heavy atom. The van der Waals surface area contributed by atoms with Crippen molar-refractivity contribution in [1.82, 2.24) is 21.3 Å². The minimum Gasteiger partial charge on any atom is -0.490 e. The molecular weight excluding hydrogens is 1490 g/mol. The second-order valence-electron chi connectivity index (χ2n) is 26.5. The maximum absolute atomic E-state index is 12.0. The van der Waals surface area contributed by atoms with Crippen molar-refractivity contribution in [3.8, 4) is 23.0 Å². The molecule has 6 aromatic rings. The van der Waals surface area contributed by atoms with Gasteiger partial charge in [0.05, 0.1) is 26.2 Å². The lowest BCUT2D eigenvalue weighted by Crippen LogP contribution is -2.30. The topological polar surface area (TPSA) is 354 Å². The van der Waals surface area contributed by atoms with Gasteiger partial charge in [-0.25, -0.2) is 47.9 Å². The maximum Gasteiger partial charge on any atom is 0.412 e. The third kappa shape index (κ3) is 35.4. The molecule has 6 rings (SSSR count). The van der Waals surface area contributed by atoms with Gasteiger partial charge in [-0.1, -0.05) is 153 Å². The summed E-state index contributed by atoms with van der Waals surface area (Å²) in [6.45, 7) is 47.8. The zero-order valence-electron chi connectivity index (χ0n) is 67.4. The zero-order chi connectivity index (χ0) is 85.9. The molecule has 0 aliphatic rings. The molecule has 0 aromatic heterocycles. The lowest BCUT2D eigenvalue weighted by Gasteiger charge is -2.30. The van der Waals surface area contributed by atoms with Gasteiger partial charge in [0.1, 0.15) is 87.4 Å². The molecule has 0 radical (unpaired) electrons. The van der Waals surface area contributed by atoms with Crippen molar-refractivity contribution in [1.29, 1.82) is 0 Å². The molecule has 0 atom stereocenters. The van der Waals surface area contributed by atoms with E-state index in [0.717, 1.165) is 50.9 Å². The molecule has 0 spiro atoms. The summed E-state index contributed by atoms with van der Waals surface area (Å²) in [5.74, 6) is 0.295. The fourth-order valence-electron chi connectivity index (χ4n) is 9.46. The molecule has 0 heterocycles. The van der Waals surface area contributed by atoms with Crippen molar-refractivity contribution in [2.75, 3.05) is 89.7 Å². The standard InChI is InChI=1S/C30H36N2O8.C29H34N2O8.C29H34N2O6/c1-7-30(6,22-8-12-24(13-9-22)39-28(35)31-16-18-37-26(33)20(2)3)23-10-14-25(15-11-23)40-29(36)32-17-19-38-27(34)21(4)5;1-19(2)25(32)36-17-15-30-27(34)38-23-11-7-21(8-12-23)29(5,6)22-9-13-24(14-10-22)39-28(35)31-16-18-37-26(33)20(3)4;1-20(2)22(5)34-15-17-36-28(32)30-26-11-7-24(8-12-26)19-25-9-13-27(14-10-25)31-29(33)37-18-16-35-23(6)21(3)4/h8-15H,2,4,7,16-19H2,1,3,5-6H3,(H,31,35)(H,32,36);7-14H,1,3,15-18H2,2,4-6H3,(H,30,34)(H,31,35);7-14H,1,3,5-6,15-19H2,2,4H3,(H,30,32)(H,31,33). The molecule has 6 N–H and O–H groups in total. The van der Waals surface area contributed by atoms with E-state index in [1.807, 2.05) is 86.6 Å². The molecule has 116 heavy (non-hydrogen) atoms. The van der Waals surface area contributed by atoms with Gasteiger partial charge in [-0.05, 0) is 172 Å². The molecule has 618 valence electrons. The quantitative estimate of drug-likeness (QED) is 0.00521. The molecule has 6 aromatic carbocycles. The van der Waals surface area contributed by atoms with E-state index in [4.69, 9.17) is 56.8 Å². The molecule has 0 fully saturated rings. The van der Waals surface area contributed by atoms with Crippen molar-refractivity contribution in [3.63, 3.8) is 0 Å². The van der Waals surface area contributed by atoms with Gasteiger partial charge < -0.3 is 78.1 Å². The Labute approximate surface area is 676 Å². The molecule has 0 saturated carbocycles. The number of ether oxygens (including phenoxy) is 12. The van der Waals surface area contributed by atoms with Crippen molar-refractivity contribution in [2.45, 2.75) is 92.9 Å². The number of esters is 4. The highest BCUT2D eigenvalue weighted by Crippen LogP contribution is 2.37. The summed E-state index contributed by atoms with van der Waals surface area (Å²) in [6, 6.07) is 43.5. The average Bonchev–Trinajstić information content (AvgIpc) is 0.803. The Balaban J connectivity index is 0.000000367. The van der Waals surface area contributed by atoms with Crippen LogP contribution >= 0.6 is 0 Å². The maximum atomic E-state index is 12.0. The number of hydrogen-bond donors (Lipinski definition) is 6. The van der Waals surface area contributed by atoms with Crippen LogP contribution in [-0.4, -0.2) is 139 Å². The molecule has 0 aliphatic heterocycles. The number of carbonyl (C=O) groups is 10. The summed E-state index contributed by atoms with van der Waals surface area (Å²) in [7, 11) is 0. The molecule has 0 saturated heterocycles. The zero-order valence-corrected chi connectivity index (χ0v) is 67.4. The Hall–Kier alpha value is -13.7. The Bertz CT molecular complexity index is 4160. The van der Waals surface area contributed by atoms with Crippen molar-refractivity contribution in [3.05, 3.63) is 277 Å². The van der Waals surface area contributed by atoms with Crippen molar-refractivity contribution >= 4 is 71.8 Å². The third-order valence-corrected chi connectivity index (χ3v) is 16.4. The van der Waals surface area contributed by atoms with Gasteiger partial charge in [0.15, 0.2) is 0 Å². The fraction of sp³-hybridized carbons (Fsp3) is 0.295. The third-order valence-electron chi connectivity index (χ3n) is 16.4. The Morgan fingerprint density at radius 1 is 0.293 bits per heavy atom. The van der Waals surface area contributed by atoms with Crippen LogP contribution in [0.25, 0.3) is 0 Å². The van der Waals surface area contributed by atoms with E-state index in [1.165, 1.54) is 13.8 Å². The van der Waals surface area contributed by atoms with Crippen LogP contribution in [-0.2, 0) is 74.3 Å². The summed E-state index contributed by atoms with van der Waals surface area (Å²) >= 11 is 0. The normalized spacial score (nSPS) is 10.4. The van der Waals surface area contributed by atoms with Gasteiger partial charge in [0.25, 0.3) is 0 Å². The summed E-state index contributed by atoms with van der Waals surface area (Å²) in [4.78, 5) is 117. The first-order valence-electron chi connectivity index (χ1n) is 36.6. The highest BCUT2D eigenvalue weighted by atomic mass is 16.6. The highest BCUT2D eigenvalue weighted by molar-refractivity contribution is 5.89. The SMILES string of the molecule is C=C(C)C(=C)OCCOC(=O)Nc1ccc(Cc2ccc(NC(=O)OCCOC(=C)C(=C)C)cc2)cc1.C=C(C)C(=O)OCCNC(=O)Oc1ccc(C(C)(C)c2ccc(OC(=O)NCCOC(=O)C(=C)C)cc2)cc1.C=C(C)C(=O)OCCNC(=O)Oc1ccc(C(C)(CC)c2ccc(OC(=O)NCCOC(=O)C(=C)C)cc2)cc1. The van der Waals surface area contributed by atoms with E-state index in [-0.39, 0.29) is 107 Å². The van der Waals surface area contributed by atoms with Gasteiger partial charge in [0, 0.05) is 44.5 Å². The highest BCUT2D eigenvalue weighted by Gasteiger charge is 2.28. The first-order chi connectivity index (χ1) is 55.0. The van der Waals surface area contributed by atoms with Crippen LogP contribution in [0.1, 0.15) is 109 Å². The van der Waals surface area contributed by atoms with Gasteiger partial charge in [-0.3, -0.25) is 10.6 Å². The molecule has 0 aliphatic carbocycles. The van der Waals surface area contributed by atoms with Crippen LogP contribution in [0.3, 0.4) is 0 Å². The number of benzene rings is 6. The number of amides is 6. The number of anilines is 2. The van der Waals surface area contributed by atoms with Crippen molar-refractivity contribution < 1.29 is 105 Å². The lowest BCUT2D eigenvalue weighted by molar-refractivity contribution is -0.139. The fourth-order valence-corrected chi connectivity index (χ4v) is 9.46. The Kier molecular flexibility index (Phi) is 40.0. The number of carbonyl (C=O) groups excluding carboxylic acids is 10. The summed E-state index contributed by atoms with van der Waals surface area (Å²) in [5.41, 5.74) is 9.12. The van der Waals surface area contributed by atoms with E-state index in [1.54, 1.807) is 100 Å². The van der Waals surface area contributed by atoms with E-state index >= 15 is 0 Å². The molecular formula is C88H104N6O22. The van der Waals surface area contributed by atoms with Gasteiger partial charge >= 0.3 is 60.4 Å². The van der Waals surface area contributed by atoms with Crippen LogP contribution in [0.2, 0.25) is 0 Å². The minimum atomic E-state index is -0.666. The van der Waals surface area contributed by atoms with Gasteiger partial charge in [-0.15, -0.1) is 0 Å². The smallest absolute Gasteiger partial charge is 0.412 e. The van der Waals surface area contributed by atoms with Crippen molar-refractivity contribution in [2.24, 2.45) is 0 Å². The molecule has 0 bridgehead atoms. The van der Waals surface area contributed by atoms with Crippen LogP contribution in [0.15, 0.2) is 243 Å². The van der Waals surface area contributed by atoms with Gasteiger partial charge in [-0.2, -0.15) is 0 Å². The number of nitrogens with one attached hydrogen (secondary N) is 6. The Morgan fingerprint density at radius 2 is 0.534 bits per heavy atom. The molecule has 28 nitrogen and oxygen atoms in total. The molecule has 0 unspecified atom stereocenters. The van der Waals surface area contributed by atoms with Crippen LogP contribution in [0.4, 0.5) is 40.1 Å². The number of rotatable bonds is 39.